The lowest BCUT2D eigenvalue weighted by Crippen LogP contribution is -2.32. The van der Waals surface area contributed by atoms with Crippen LogP contribution in [0.2, 0.25) is 0 Å². The molecule has 0 radical (unpaired) electrons. The molecule has 3 rings (SSSR count). The third kappa shape index (κ3) is 3.20. The van der Waals surface area contributed by atoms with Crippen LogP contribution in [0, 0.1) is 0 Å². The maximum absolute atomic E-state index is 13.3. The summed E-state index contributed by atoms with van der Waals surface area (Å²) < 4.78 is 64.2. The summed E-state index contributed by atoms with van der Waals surface area (Å²) in [6, 6.07) is 18.5. The molecule has 1 N–H and O–H groups in total. The van der Waals surface area contributed by atoms with Crippen LogP contribution in [-0.4, -0.2) is 19.0 Å². The van der Waals surface area contributed by atoms with Gasteiger partial charge in [-0.3, -0.25) is 0 Å². The van der Waals surface area contributed by atoms with Crippen molar-refractivity contribution in [2.24, 2.45) is 0 Å². The van der Waals surface area contributed by atoms with Gasteiger partial charge in [0.25, 0.3) is 9.84 Å². The molecule has 136 valence electrons. The lowest BCUT2D eigenvalue weighted by molar-refractivity contribution is -0.0460. The normalized spacial score (nSPS) is 14.9. The number of fused-ring (bicyclic) bond motifs is 1. The Morgan fingerprint density at radius 2 is 1.38 bits per heavy atom. The van der Waals surface area contributed by atoms with Gasteiger partial charge in [0.15, 0.2) is 0 Å². The highest BCUT2D eigenvalue weighted by Crippen LogP contribution is 2.44. The van der Waals surface area contributed by atoms with Crippen molar-refractivity contribution in [1.29, 1.82) is 0 Å². The maximum atomic E-state index is 13.3. The van der Waals surface area contributed by atoms with Gasteiger partial charge in [0.05, 0.1) is 0 Å². The number of aliphatic hydroxyl groups is 1. The highest BCUT2D eigenvalue weighted by molar-refractivity contribution is 7.92. The minimum atomic E-state index is -5.66. The second-order valence-corrected chi connectivity index (χ2v) is 7.90. The van der Waals surface area contributed by atoms with Gasteiger partial charge in [0.1, 0.15) is 11.4 Å². The number of halogens is 3. The molecule has 0 saturated heterocycles. The summed E-state index contributed by atoms with van der Waals surface area (Å²) in [7, 11) is -5.66. The van der Waals surface area contributed by atoms with E-state index in [1.54, 1.807) is 42.5 Å². The van der Waals surface area contributed by atoms with E-state index in [0.29, 0.717) is 10.8 Å². The molecular formula is C19H15F3O3S. The van der Waals surface area contributed by atoms with Gasteiger partial charge < -0.3 is 5.11 Å². The summed E-state index contributed by atoms with van der Waals surface area (Å²) in [5, 5.41) is 9.79. The molecule has 0 fully saturated rings. The van der Waals surface area contributed by atoms with Crippen molar-refractivity contribution in [3.05, 3.63) is 83.9 Å². The van der Waals surface area contributed by atoms with Crippen LogP contribution in [0.1, 0.15) is 22.5 Å². The fraction of sp³-hybridized carbons (Fsp3) is 0.158. The van der Waals surface area contributed by atoms with Crippen molar-refractivity contribution in [3.8, 4) is 0 Å². The fourth-order valence-corrected chi connectivity index (χ4v) is 4.28. The molecule has 0 aliphatic heterocycles. The molecule has 26 heavy (non-hydrogen) atoms. The second-order valence-electron chi connectivity index (χ2n) is 5.84. The SMILES string of the molecule is O=S(=O)([C@H](c1ccccc1)[C@H](O)c1cccc2ccccc12)C(F)(F)F. The van der Waals surface area contributed by atoms with E-state index in [1.165, 1.54) is 30.3 Å². The molecule has 0 heterocycles. The van der Waals surface area contributed by atoms with Crippen LogP contribution >= 0.6 is 0 Å². The quantitative estimate of drug-likeness (QED) is 0.723. The van der Waals surface area contributed by atoms with Gasteiger partial charge in [-0.25, -0.2) is 8.42 Å². The zero-order valence-corrected chi connectivity index (χ0v) is 14.2. The predicted octanol–water partition coefficient (Wildman–Crippen LogP) is 4.55. The van der Waals surface area contributed by atoms with E-state index in [2.05, 4.69) is 0 Å². The second kappa shape index (κ2) is 6.74. The first-order valence-electron chi connectivity index (χ1n) is 7.74. The average Bonchev–Trinajstić information content (AvgIpc) is 2.61. The molecule has 0 saturated carbocycles. The maximum Gasteiger partial charge on any atom is 0.498 e. The van der Waals surface area contributed by atoms with E-state index in [0.717, 1.165) is 0 Å². The Bertz CT molecular complexity index is 1010. The monoisotopic (exact) mass is 380 g/mol. The van der Waals surface area contributed by atoms with E-state index in [9.17, 15) is 26.7 Å². The van der Waals surface area contributed by atoms with Crippen molar-refractivity contribution in [2.45, 2.75) is 16.9 Å². The number of rotatable bonds is 4. The highest BCUT2D eigenvalue weighted by Gasteiger charge is 2.53. The third-order valence-electron chi connectivity index (χ3n) is 4.21. The van der Waals surface area contributed by atoms with Gasteiger partial charge >= 0.3 is 5.51 Å². The molecule has 0 aromatic heterocycles. The molecule has 0 aliphatic rings. The highest BCUT2D eigenvalue weighted by atomic mass is 32.2. The zero-order valence-electron chi connectivity index (χ0n) is 13.4. The summed E-state index contributed by atoms with van der Waals surface area (Å²) in [5.74, 6) is 0. The van der Waals surface area contributed by atoms with Gasteiger partial charge in [-0.15, -0.1) is 0 Å². The molecule has 2 atom stereocenters. The third-order valence-corrected chi connectivity index (χ3v) is 6.06. The number of alkyl halides is 3. The Hall–Kier alpha value is -2.38. The molecule has 0 spiro atoms. The summed E-state index contributed by atoms with van der Waals surface area (Å²) >= 11 is 0. The Morgan fingerprint density at radius 1 is 0.808 bits per heavy atom. The van der Waals surface area contributed by atoms with Crippen LogP contribution in [0.25, 0.3) is 10.8 Å². The fourth-order valence-electron chi connectivity index (χ4n) is 2.99. The molecular weight excluding hydrogens is 365 g/mol. The molecule has 7 heteroatoms. The van der Waals surface area contributed by atoms with Crippen LogP contribution in [0.3, 0.4) is 0 Å². The summed E-state index contributed by atoms with van der Waals surface area (Å²) in [6.45, 7) is 0. The molecule has 0 amide bonds. The largest absolute Gasteiger partial charge is 0.498 e. The van der Waals surface area contributed by atoms with Crippen LogP contribution in [-0.2, 0) is 9.84 Å². The molecule has 3 aromatic carbocycles. The first kappa shape index (κ1) is 18.4. The van der Waals surface area contributed by atoms with Crippen molar-refractivity contribution in [2.75, 3.05) is 0 Å². The Labute approximate surface area is 148 Å². The van der Waals surface area contributed by atoms with Crippen molar-refractivity contribution < 1.29 is 26.7 Å². The van der Waals surface area contributed by atoms with Gasteiger partial charge in [-0.05, 0) is 21.9 Å². The van der Waals surface area contributed by atoms with Crippen LogP contribution < -0.4 is 0 Å². The lowest BCUT2D eigenvalue weighted by atomic mass is 9.96. The van der Waals surface area contributed by atoms with Crippen LogP contribution in [0.5, 0.6) is 0 Å². The summed E-state index contributed by atoms with van der Waals surface area (Å²) in [5.41, 5.74) is -5.48. The molecule has 0 unspecified atom stereocenters. The number of sulfone groups is 1. The Kier molecular flexibility index (Phi) is 4.77. The lowest BCUT2D eigenvalue weighted by Gasteiger charge is -2.25. The topological polar surface area (TPSA) is 54.4 Å². The molecule has 0 aliphatic carbocycles. The number of hydrogen-bond acceptors (Lipinski definition) is 3. The molecule has 3 nitrogen and oxygen atoms in total. The first-order chi connectivity index (χ1) is 12.2. The van der Waals surface area contributed by atoms with Gasteiger partial charge in [0.2, 0.25) is 0 Å². The van der Waals surface area contributed by atoms with E-state index < -0.39 is 26.7 Å². The Morgan fingerprint density at radius 3 is 2.04 bits per heavy atom. The van der Waals surface area contributed by atoms with Crippen molar-refractivity contribution in [3.63, 3.8) is 0 Å². The van der Waals surface area contributed by atoms with Crippen molar-refractivity contribution >= 4 is 20.6 Å². The van der Waals surface area contributed by atoms with E-state index in [1.807, 2.05) is 0 Å². The minimum absolute atomic E-state index is 0.120. The predicted molar refractivity (Wildman–Crippen MR) is 93.1 cm³/mol. The van der Waals surface area contributed by atoms with Crippen LogP contribution in [0.4, 0.5) is 13.2 Å². The smallest absolute Gasteiger partial charge is 0.387 e. The van der Waals surface area contributed by atoms with Crippen LogP contribution in [0.15, 0.2) is 72.8 Å². The average molecular weight is 380 g/mol. The van der Waals surface area contributed by atoms with Gasteiger partial charge in [-0.2, -0.15) is 13.2 Å². The molecule has 3 aromatic rings. The Balaban J connectivity index is 2.22. The first-order valence-corrected chi connectivity index (χ1v) is 9.29. The van der Waals surface area contributed by atoms with E-state index >= 15 is 0 Å². The summed E-state index contributed by atoms with van der Waals surface area (Å²) in [4.78, 5) is 0. The van der Waals surface area contributed by atoms with Gasteiger partial charge in [-0.1, -0.05) is 72.8 Å². The van der Waals surface area contributed by atoms with Gasteiger partial charge in [0, 0.05) is 0 Å². The van der Waals surface area contributed by atoms with Crippen molar-refractivity contribution in [1.82, 2.24) is 0 Å². The zero-order chi connectivity index (χ0) is 18.9. The number of benzene rings is 3. The summed E-state index contributed by atoms with van der Waals surface area (Å²) in [6.07, 6.45) is -1.88. The number of aliphatic hydroxyl groups excluding tert-OH is 1. The van der Waals surface area contributed by atoms with E-state index in [-0.39, 0.29) is 11.1 Å². The standard InChI is InChI=1S/C19H15F3O3S/c20-19(21,22)26(24,25)18(14-8-2-1-3-9-14)17(23)16-12-6-10-13-7-4-5-11-15(13)16/h1-12,17-18,23H/t17-,18-/m1/s1. The van der Waals surface area contributed by atoms with E-state index in [4.69, 9.17) is 0 Å². The minimum Gasteiger partial charge on any atom is -0.387 e. The number of hydrogen-bond donors (Lipinski definition) is 1. The molecule has 0 bridgehead atoms.